The molecule has 4 rings (SSSR count). The van der Waals surface area contributed by atoms with Crippen LogP contribution >= 0.6 is 0 Å². The summed E-state index contributed by atoms with van der Waals surface area (Å²) >= 11 is 0. The molecule has 4 heterocycles. The van der Waals surface area contributed by atoms with Crippen molar-refractivity contribution in [3.63, 3.8) is 0 Å². The molecule has 0 aliphatic carbocycles. The van der Waals surface area contributed by atoms with Crippen LogP contribution in [0.1, 0.15) is 48.9 Å². The summed E-state index contributed by atoms with van der Waals surface area (Å²) in [5.74, 6) is -6.25. The average molecular weight is 575 g/mol. The molecule has 9 nitrogen and oxygen atoms in total. The van der Waals surface area contributed by atoms with Crippen LogP contribution in [0.5, 0.6) is 0 Å². The zero-order valence-corrected chi connectivity index (χ0v) is 20.6. The van der Waals surface area contributed by atoms with Crippen LogP contribution in [-0.2, 0) is 14.3 Å². The molecule has 1 spiro atoms. The highest BCUT2D eigenvalue weighted by atomic mass is 19.4. The van der Waals surface area contributed by atoms with E-state index in [1.165, 1.54) is 38.2 Å². The molecule has 1 aromatic heterocycles. The predicted octanol–water partition coefficient (Wildman–Crippen LogP) is 3.74. The fraction of sp³-hybridized carbons (Fsp3) is 0.652. The Morgan fingerprint density at radius 1 is 0.974 bits per heavy atom. The van der Waals surface area contributed by atoms with Gasteiger partial charge in [0, 0.05) is 30.9 Å². The number of aliphatic carboxylic acids is 2. The first-order valence-electron chi connectivity index (χ1n) is 11.9. The molecule has 2 atom stereocenters. The van der Waals surface area contributed by atoms with Crippen molar-refractivity contribution in [2.75, 3.05) is 32.7 Å². The van der Waals surface area contributed by atoms with Crippen molar-refractivity contribution in [2.45, 2.75) is 62.6 Å². The van der Waals surface area contributed by atoms with Gasteiger partial charge in [0.1, 0.15) is 0 Å². The minimum absolute atomic E-state index is 0.122. The first kappa shape index (κ1) is 32.2. The molecule has 0 aromatic carbocycles. The fourth-order valence-corrected chi connectivity index (χ4v) is 4.54. The number of halogens is 7. The monoisotopic (exact) mass is 575 g/mol. The molecule has 3 aliphatic heterocycles. The summed E-state index contributed by atoms with van der Waals surface area (Å²) in [6, 6.07) is 2.79. The highest BCUT2D eigenvalue weighted by molar-refractivity contribution is 5.94. The summed E-state index contributed by atoms with van der Waals surface area (Å²) < 4.78 is 83.3. The lowest BCUT2D eigenvalue weighted by Crippen LogP contribution is -2.47. The van der Waals surface area contributed by atoms with Crippen molar-refractivity contribution < 1.29 is 60.1 Å². The van der Waals surface area contributed by atoms with E-state index in [1.54, 1.807) is 6.07 Å². The van der Waals surface area contributed by atoms with E-state index in [0.29, 0.717) is 18.7 Å². The zero-order valence-electron chi connectivity index (χ0n) is 20.6. The molecular formula is C23H28F7N3O6. The van der Waals surface area contributed by atoms with Gasteiger partial charge in [-0.3, -0.25) is 4.79 Å². The van der Waals surface area contributed by atoms with Crippen LogP contribution in [0.3, 0.4) is 0 Å². The Labute approximate surface area is 218 Å². The maximum absolute atomic E-state index is 13.3. The number of carboxylic acids is 2. The minimum atomic E-state index is -5.08. The topological polar surface area (TPSA) is 120 Å². The van der Waals surface area contributed by atoms with E-state index < -0.39 is 30.2 Å². The van der Waals surface area contributed by atoms with Crippen molar-refractivity contribution >= 4 is 17.8 Å². The van der Waals surface area contributed by atoms with E-state index in [1.807, 2.05) is 4.90 Å². The van der Waals surface area contributed by atoms with E-state index in [2.05, 4.69) is 9.88 Å². The quantitative estimate of drug-likeness (QED) is 0.413. The molecule has 0 radical (unpaired) electrons. The SMILES string of the molecule is O=C(O)C(F)(F)F.O=C(O)C(F)(F)F.O=C(c1ccnc(F)c1)N1CC[C@]2(CCC[C@H](CN3CCCC3)O2)C1. The normalized spacial score (nSPS) is 23.5. The van der Waals surface area contributed by atoms with Gasteiger partial charge in [-0.15, -0.1) is 0 Å². The molecule has 220 valence electrons. The molecule has 39 heavy (non-hydrogen) atoms. The molecule has 0 saturated carbocycles. The van der Waals surface area contributed by atoms with Crippen molar-refractivity contribution in [2.24, 2.45) is 0 Å². The Kier molecular flexibility index (Phi) is 11.0. The molecule has 3 fully saturated rings. The largest absolute Gasteiger partial charge is 0.490 e. The number of nitrogens with zero attached hydrogens (tertiary/aromatic N) is 3. The first-order chi connectivity index (χ1) is 18.0. The number of hydrogen-bond acceptors (Lipinski definition) is 6. The number of rotatable bonds is 3. The van der Waals surface area contributed by atoms with Gasteiger partial charge in [-0.25, -0.2) is 14.6 Å². The summed E-state index contributed by atoms with van der Waals surface area (Å²) in [5, 5.41) is 14.2. The van der Waals surface area contributed by atoms with E-state index in [0.717, 1.165) is 32.2 Å². The third kappa shape index (κ3) is 10.2. The smallest absolute Gasteiger partial charge is 0.475 e. The molecule has 0 bridgehead atoms. The second-order valence-corrected chi connectivity index (χ2v) is 9.27. The Hall–Kier alpha value is -3.01. The van der Waals surface area contributed by atoms with Crippen molar-refractivity contribution in [1.29, 1.82) is 0 Å². The van der Waals surface area contributed by atoms with Gasteiger partial charge in [0.25, 0.3) is 5.91 Å². The maximum atomic E-state index is 13.3. The molecule has 2 N–H and O–H groups in total. The molecule has 3 saturated heterocycles. The van der Waals surface area contributed by atoms with Crippen LogP contribution in [0.2, 0.25) is 0 Å². The number of carbonyl (C=O) groups excluding carboxylic acids is 1. The highest BCUT2D eigenvalue weighted by Crippen LogP contribution is 2.37. The summed E-state index contributed by atoms with van der Waals surface area (Å²) in [5.41, 5.74) is 0.165. The number of carbonyl (C=O) groups is 3. The Morgan fingerprint density at radius 3 is 2.05 bits per heavy atom. The molecule has 16 heteroatoms. The molecule has 1 aromatic rings. The van der Waals surface area contributed by atoms with Crippen molar-refractivity contribution in [1.82, 2.24) is 14.8 Å². The van der Waals surface area contributed by atoms with Crippen LogP contribution in [0, 0.1) is 5.95 Å². The lowest BCUT2D eigenvalue weighted by molar-refractivity contribution is -0.193. The lowest BCUT2D eigenvalue weighted by atomic mass is 9.90. The number of hydrogen-bond donors (Lipinski definition) is 2. The van der Waals surface area contributed by atoms with Gasteiger partial charge in [0.15, 0.2) is 0 Å². The van der Waals surface area contributed by atoms with Crippen LogP contribution in [0.25, 0.3) is 0 Å². The van der Waals surface area contributed by atoms with E-state index in [9.17, 15) is 35.5 Å². The van der Waals surface area contributed by atoms with Crippen LogP contribution in [-0.4, -0.2) is 99.6 Å². The summed E-state index contributed by atoms with van der Waals surface area (Å²) in [6.07, 6.45) is -1.80. The lowest BCUT2D eigenvalue weighted by Gasteiger charge is -2.40. The van der Waals surface area contributed by atoms with E-state index in [-0.39, 0.29) is 17.6 Å². The van der Waals surface area contributed by atoms with Gasteiger partial charge in [-0.2, -0.15) is 30.7 Å². The Morgan fingerprint density at radius 2 is 1.54 bits per heavy atom. The number of aromatic nitrogens is 1. The number of pyridine rings is 1. The van der Waals surface area contributed by atoms with Gasteiger partial charge < -0.3 is 24.7 Å². The number of alkyl halides is 6. The fourth-order valence-electron chi connectivity index (χ4n) is 4.54. The van der Waals surface area contributed by atoms with Gasteiger partial charge in [0.05, 0.1) is 18.2 Å². The third-order valence-corrected chi connectivity index (χ3v) is 6.30. The zero-order chi connectivity index (χ0) is 29.4. The van der Waals surface area contributed by atoms with E-state index in [4.69, 9.17) is 24.5 Å². The molecular weight excluding hydrogens is 547 g/mol. The third-order valence-electron chi connectivity index (χ3n) is 6.30. The number of carboxylic acid groups (broad SMARTS) is 2. The number of amides is 1. The average Bonchev–Trinajstić information content (AvgIpc) is 3.48. The minimum Gasteiger partial charge on any atom is -0.475 e. The molecule has 1 amide bonds. The molecule has 0 unspecified atom stereocenters. The van der Waals surface area contributed by atoms with Crippen LogP contribution in [0.15, 0.2) is 18.3 Å². The standard InChI is InChI=1S/C19H26FN3O2.2C2HF3O2/c20-17-12-15(5-8-21-17)18(24)23-11-7-19(14-23)6-3-4-16(25-19)13-22-9-1-2-10-22;2*3-2(4,5)1(6)7/h5,8,12,16H,1-4,6-7,9-11,13-14H2;2*(H,6,7)/t16-,19-;;/m1../s1. The summed E-state index contributed by atoms with van der Waals surface area (Å²) in [7, 11) is 0. The Bertz CT molecular complexity index is 977. The number of likely N-dealkylation sites (tertiary alicyclic amines) is 2. The summed E-state index contributed by atoms with van der Waals surface area (Å²) in [4.78, 5) is 38.3. The second kappa shape index (κ2) is 13.4. The summed E-state index contributed by atoms with van der Waals surface area (Å²) in [6.45, 7) is 4.69. The second-order valence-electron chi connectivity index (χ2n) is 9.27. The maximum Gasteiger partial charge on any atom is 0.490 e. The van der Waals surface area contributed by atoms with Gasteiger partial charge in [-0.1, -0.05) is 0 Å². The number of ether oxygens (including phenoxy) is 1. The Balaban J connectivity index is 0.000000317. The predicted molar refractivity (Wildman–Crippen MR) is 119 cm³/mol. The highest BCUT2D eigenvalue weighted by Gasteiger charge is 2.45. The van der Waals surface area contributed by atoms with Crippen LogP contribution in [0.4, 0.5) is 30.7 Å². The van der Waals surface area contributed by atoms with Crippen molar-refractivity contribution in [3.05, 3.63) is 29.8 Å². The van der Waals surface area contributed by atoms with E-state index >= 15 is 0 Å². The first-order valence-corrected chi connectivity index (χ1v) is 11.9. The van der Waals surface area contributed by atoms with Gasteiger partial charge in [-0.05, 0) is 57.7 Å². The van der Waals surface area contributed by atoms with Crippen molar-refractivity contribution in [3.8, 4) is 0 Å². The molecule has 3 aliphatic rings. The van der Waals surface area contributed by atoms with Gasteiger partial charge in [0.2, 0.25) is 5.95 Å². The van der Waals surface area contributed by atoms with Gasteiger partial charge >= 0.3 is 24.3 Å². The van der Waals surface area contributed by atoms with Crippen LogP contribution < -0.4 is 0 Å².